The van der Waals surface area contributed by atoms with E-state index in [0.29, 0.717) is 0 Å². The summed E-state index contributed by atoms with van der Waals surface area (Å²) in [7, 11) is 0. The number of esters is 7. The average molecular weight is 781 g/mol. The lowest BCUT2D eigenvalue weighted by atomic mass is 9.96. The van der Waals surface area contributed by atoms with Crippen molar-refractivity contribution in [2.24, 2.45) is 0 Å². The van der Waals surface area contributed by atoms with Gasteiger partial charge in [0.1, 0.15) is 31.5 Å². The van der Waals surface area contributed by atoms with E-state index in [1.54, 1.807) is 0 Å². The molecule has 2 heterocycles. The Morgan fingerprint density at radius 2 is 0.840 bits per heavy atom. The third-order valence-electron chi connectivity index (χ3n) is 6.38. The second-order valence-electron chi connectivity index (χ2n) is 10.6. The predicted octanol–water partition coefficient (Wildman–Crippen LogP) is 0.970. The molecule has 1 N–H and O–H groups in total. The molecule has 0 bridgehead atoms. The fourth-order valence-corrected chi connectivity index (χ4v) is 4.88. The van der Waals surface area contributed by atoms with E-state index in [-0.39, 0.29) is 0 Å². The highest BCUT2D eigenvalue weighted by molar-refractivity contribution is 6.76. The molecule has 2 saturated heterocycles. The SMILES string of the molecule is CC(=O)OC[C@H]1O[C@H](O[C@H]2[C@H](OC(C)=O)[C@@H](OC(C)=O)[C@@H](OC(=N)C(Cl)(Cl)Cl)O[C@@H]2COC(C)=O)[C@H](OC(C)=O)[C@@H](OC(C)=O)[C@@H]1OC(C)=O. The lowest BCUT2D eigenvalue weighted by Gasteiger charge is -2.48. The van der Waals surface area contributed by atoms with Gasteiger partial charge in [-0.05, 0) is 0 Å². The zero-order chi connectivity index (χ0) is 38.1. The van der Waals surface area contributed by atoms with Crippen molar-refractivity contribution in [1.82, 2.24) is 0 Å². The lowest BCUT2D eigenvalue weighted by molar-refractivity contribution is -0.355. The zero-order valence-corrected chi connectivity index (χ0v) is 29.9. The Morgan fingerprint density at radius 3 is 1.24 bits per heavy atom. The highest BCUT2D eigenvalue weighted by Gasteiger charge is 2.58. The van der Waals surface area contributed by atoms with Crippen molar-refractivity contribution in [2.45, 2.75) is 114 Å². The number of halogens is 3. The highest BCUT2D eigenvalue weighted by atomic mass is 35.6. The Morgan fingerprint density at radius 1 is 0.500 bits per heavy atom. The summed E-state index contributed by atoms with van der Waals surface area (Å²) in [5.74, 6) is -7.37. The molecule has 2 aliphatic rings. The summed E-state index contributed by atoms with van der Waals surface area (Å²) in [6.07, 6.45) is -17.0. The third-order valence-corrected chi connectivity index (χ3v) is 6.89. The van der Waals surface area contributed by atoms with E-state index in [1.807, 2.05) is 0 Å². The van der Waals surface area contributed by atoms with Gasteiger partial charge in [-0.15, -0.1) is 0 Å². The summed E-state index contributed by atoms with van der Waals surface area (Å²) >= 11 is 17.3. The molecule has 0 radical (unpaired) electrons. The van der Waals surface area contributed by atoms with Crippen LogP contribution in [-0.4, -0.2) is 126 Å². The van der Waals surface area contributed by atoms with Gasteiger partial charge in [-0.3, -0.25) is 39.0 Å². The monoisotopic (exact) mass is 779 g/mol. The van der Waals surface area contributed by atoms with Gasteiger partial charge in [0.05, 0.1) is 0 Å². The molecule has 10 atom stereocenters. The first-order valence-electron chi connectivity index (χ1n) is 14.5. The molecule has 2 fully saturated rings. The van der Waals surface area contributed by atoms with Crippen LogP contribution in [-0.2, 0) is 85.7 Å². The molecular weight excluding hydrogens is 745 g/mol. The summed E-state index contributed by atoms with van der Waals surface area (Å²) in [6, 6.07) is 0. The van der Waals surface area contributed by atoms with Gasteiger partial charge in [-0.2, -0.15) is 0 Å². The van der Waals surface area contributed by atoms with E-state index in [9.17, 15) is 33.6 Å². The maximum Gasteiger partial charge on any atom is 0.303 e. The molecule has 0 aromatic carbocycles. The minimum atomic E-state index is -2.45. The van der Waals surface area contributed by atoms with Crippen LogP contribution < -0.4 is 0 Å². The molecule has 2 aliphatic heterocycles. The van der Waals surface area contributed by atoms with Gasteiger partial charge in [0.25, 0.3) is 3.79 Å². The molecule has 0 aromatic heterocycles. The van der Waals surface area contributed by atoms with E-state index >= 15 is 0 Å². The van der Waals surface area contributed by atoms with Gasteiger partial charge in [-0.1, -0.05) is 34.8 Å². The Hall–Kier alpha value is -3.49. The standard InChI is InChI=1S/C28H36Cl3NO18/c1-10(33)40-8-17-19(42-12(3)35)21(43-13(4)36)23(45-15(6)38)25(47-17)49-20-18(9-41-11(2)34)48-26(50-27(32)28(29,30)31)24(46-16(7)39)22(20)44-14(5)37/h17-26,32H,8-9H2,1-7H3/t17-,18-,19-,20-,21+,22+,23-,24-,25-,26-/m1/s1. The number of hydrogen-bond donors (Lipinski definition) is 1. The minimum absolute atomic E-state index is 0.617. The second-order valence-corrected chi connectivity index (χ2v) is 12.9. The molecule has 50 heavy (non-hydrogen) atoms. The van der Waals surface area contributed by atoms with Crippen molar-refractivity contribution >= 4 is 82.5 Å². The van der Waals surface area contributed by atoms with Crippen molar-refractivity contribution in [3.63, 3.8) is 0 Å². The number of carbonyl (C=O) groups is 7. The first-order valence-corrected chi connectivity index (χ1v) is 15.7. The first-order chi connectivity index (χ1) is 23.1. The van der Waals surface area contributed by atoms with Gasteiger partial charge in [0, 0.05) is 48.5 Å². The Bertz CT molecular complexity index is 1310. The molecule has 0 aliphatic carbocycles. The van der Waals surface area contributed by atoms with Crippen LogP contribution in [0.1, 0.15) is 48.5 Å². The zero-order valence-electron chi connectivity index (χ0n) is 27.7. The molecule has 282 valence electrons. The normalized spacial score (nSPS) is 29.3. The second kappa shape index (κ2) is 18.7. The number of ether oxygens (including phenoxy) is 11. The highest BCUT2D eigenvalue weighted by Crippen LogP contribution is 2.37. The van der Waals surface area contributed by atoms with Gasteiger partial charge in [0.2, 0.25) is 18.3 Å². The number of alkyl halides is 3. The number of nitrogens with one attached hydrogen (secondary N) is 1. The van der Waals surface area contributed by atoms with E-state index in [0.717, 1.165) is 48.5 Å². The topological polar surface area (TPSA) is 245 Å². The summed E-state index contributed by atoms with van der Waals surface area (Å²) in [5.41, 5.74) is 0. The largest absolute Gasteiger partial charge is 0.463 e. The van der Waals surface area contributed by atoms with Crippen LogP contribution >= 0.6 is 34.8 Å². The number of hydrogen-bond acceptors (Lipinski definition) is 19. The quantitative estimate of drug-likeness (QED) is 0.0953. The summed E-state index contributed by atoms with van der Waals surface area (Å²) < 4.78 is 58.1. The van der Waals surface area contributed by atoms with Gasteiger partial charge in [-0.25, -0.2) is 0 Å². The smallest absolute Gasteiger partial charge is 0.303 e. The lowest BCUT2D eigenvalue weighted by Crippen LogP contribution is -2.67. The van der Waals surface area contributed by atoms with Crippen LogP contribution in [0, 0.1) is 5.41 Å². The molecule has 0 saturated carbocycles. The molecule has 0 spiro atoms. The number of carbonyl (C=O) groups excluding carboxylic acids is 7. The van der Waals surface area contributed by atoms with Crippen LogP contribution in [0.15, 0.2) is 0 Å². The van der Waals surface area contributed by atoms with Crippen molar-refractivity contribution in [3.05, 3.63) is 0 Å². The summed E-state index contributed by atoms with van der Waals surface area (Å²) in [5, 5.41) is 8.03. The third kappa shape index (κ3) is 13.0. The molecule has 19 nitrogen and oxygen atoms in total. The van der Waals surface area contributed by atoms with Crippen LogP contribution in [0.4, 0.5) is 0 Å². The summed E-state index contributed by atoms with van der Waals surface area (Å²) in [6.45, 7) is 5.79. The number of rotatable bonds is 12. The van der Waals surface area contributed by atoms with Crippen LogP contribution in [0.25, 0.3) is 0 Å². The van der Waals surface area contributed by atoms with E-state index in [4.69, 9.17) is 92.3 Å². The maximum absolute atomic E-state index is 12.4. The molecule has 2 rings (SSSR count). The molecule has 0 amide bonds. The summed E-state index contributed by atoms with van der Waals surface area (Å²) in [4.78, 5) is 84.9. The van der Waals surface area contributed by atoms with Crippen molar-refractivity contribution in [1.29, 1.82) is 5.41 Å². The van der Waals surface area contributed by atoms with Crippen molar-refractivity contribution < 1.29 is 85.7 Å². The van der Waals surface area contributed by atoms with Crippen LogP contribution in [0.2, 0.25) is 0 Å². The van der Waals surface area contributed by atoms with E-state index < -0.39 is 126 Å². The minimum Gasteiger partial charge on any atom is -0.463 e. The maximum atomic E-state index is 12.4. The van der Waals surface area contributed by atoms with Gasteiger partial charge < -0.3 is 52.1 Å². The van der Waals surface area contributed by atoms with Crippen molar-refractivity contribution in [2.75, 3.05) is 13.2 Å². The Kier molecular flexibility index (Phi) is 15.9. The first kappa shape index (κ1) is 42.7. The average Bonchev–Trinajstić information content (AvgIpc) is 2.95. The molecular formula is C28H36Cl3NO18. The fraction of sp³-hybridized carbons (Fsp3) is 0.714. The van der Waals surface area contributed by atoms with Gasteiger partial charge in [0.15, 0.2) is 30.7 Å². The van der Waals surface area contributed by atoms with Crippen LogP contribution in [0.5, 0.6) is 0 Å². The van der Waals surface area contributed by atoms with Crippen molar-refractivity contribution in [3.8, 4) is 0 Å². The Balaban J connectivity index is 2.77. The van der Waals surface area contributed by atoms with Crippen LogP contribution in [0.3, 0.4) is 0 Å². The van der Waals surface area contributed by atoms with E-state index in [2.05, 4.69) is 0 Å². The molecule has 0 unspecified atom stereocenters. The predicted molar refractivity (Wildman–Crippen MR) is 162 cm³/mol. The molecule has 22 heteroatoms. The Labute approximate surface area is 300 Å². The molecule has 0 aromatic rings. The van der Waals surface area contributed by atoms with E-state index in [1.165, 1.54) is 0 Å². The fourth-order valence-electron chi connectivity index (χ4n) is 4.75. The van der Waals surface area contributed by atoms with Gasteiger partial charge >= 0.3 is 41.8 Å².